The molecule has 0 aromatic carbocycles. The minimum absolute atomic E-state index is 0.0436. The largest absolute Gasteiger partial charge is 0.370 e. The fraction of sp³-hybridized carbons (Fsp3) is 0.429. The summed E-state index contributed by atoms with van der Waals surface area (Å²) < 4.78 is 0. The highest BCUT2D eigenvalue weighted by molar-refractivity contribution is 6.02. The van der Waals surface area contributed by atoms with Crippen LogP contribution in [-0.2, 0) is 4.79 Å². The summed E-state index contributed by atoms with van der Waals surface area (Å²) in [5.74, 6) is 0.0436. The molecule has 134 valence electrons. The van der Waals surface area contributed by atoms with Gasteiger partial charge in [0.25, 0.3) is 0 Å². The van der Waals surface area contributed by atoms with Crippen LogP contribution in [0.2, 0.25) is 0 Å². The molecule has 25 heavy (non-hydrogen) atoms. The van der Waals surface area contributed by atoms with Gasteiger partial charge in [-0.3, -0.25) is 4.79 Å². The monoisotopic (exact) mass is 339 g/mol. The van der Waals surface area contributed by atoms with Crippen LogP contribution in [0, 0.1) is 0 Å². The highest BCUT2D eigenvalue weighted by Gasteiger charge is 2.12. The zero-order chi connectivity index (χ0) is 18.2. The molecule has 0 aliphatic heterocycles. The van der Waals surface area contributed by atoms with E-state index < -0.39 is 0 Å². The van der Waals surface area contributed by atoms with Crippen molar-refractivity contribution in [1.82, 2.24) is 9.97 Å². The Morgan fingerprint density at radius 1 is 1.28 bits per heavy atom. The summed E-state index contributed by atoms with van der Waals surface area (Å²) in [6.07, 6.45) is 12.9. The van der Waals surface area contributed by atoms with E-state index in [1.165, 1.54) is 12.8 Å². The molecular formula is C21H29N3O. The van der Waals surface area contributed by atoms with Gasteiger partial charge in [0.2, 0.25) is 0 Å². The van der Waals surface area contributed by atoms with E-state index in [1.54, 1.807) is 13.0 Å². The van der Waals surface area contributed by atoms with Gasteiger partial charge in [-0.2, -0.15) is 0 Å². The zero-order valence-corrected chi connectivity index (χ0v) is 15.8. The van der Waals surface area contributed by atoms with E-state index in [0.29, 0.717) is 0 Å². The van der Waals surface area contributed by atoms with Crippen LogP contribution < -0.4 is 4.90 Å². The number of carbonyl (C=O) groups excluding carboxylic acids is 1. The summed E-state index contributed by atoms with van der Waals surface area (Å²) >= 11 is 0. The summed E-state index contributed by atoms with van der Waals surface area (Å²) in [4.78, 5) is 21.8. The molecule has 0 spiro atoms. The number of H-pyrrole nitrogens is 1. The fourth-order valence-electron chi connectivity index (χ4n) is 3.01. The zero-order valence-electron chi connectivity index (χ0n) is 15.8. The molecule has 0 saturated carbocycles. The van der Waals surface area contributed by atoms with Crippen LogP contribution in [0.3, 0.4) is 0 Å². The number of pyridine rings is 1. The normalized spacial score (nSPS) is 12.2. The van der Waals surface area contributed by atoms with Gasteiger partial charge in [-0.15, -0.1) is 0 Å². The minimum atomic E-state index is 0.0436. The lowest BCUT2D eigenvalue weighted by Gasteiger charge is -2.24. The summed E-state index contributed by atoms with van der Waals surface area (Å²) in [6.45, 7) is 10.0. The maximum atomic E-state index is 11.6. The molecule has 1 N–H and O–H groups in total. The fourth-order valence-corrected chi connectivity index (χ4v) is 3.01. The first-order valence-corrected chi connectivity index (χ1v) is 9.18. The first-order valence-electron chi connectivity index (χ1n) is 9.18. The Balaban J connectivity index is 2.49. The van der Waals surface area contributed by atoms with Crippen molar-refractivity contribution in [3.8, 4) is 0 Å². The minimum Gasteiger partial charge on any atom is -0.370 e. The van der Waals surface area contributed by atoms with Crippen molar-refractivity contribution in [3.63, 3.8) is 0 Å². The highest BCUT2D eigenvalue weighted by atomic mass is 16.1. The van der Waals surface area contributed by atoms with E-state index >= 15 is 0 Å². The van der Waals surface area contributed by atoms with Crippen LogP contribution in [0.15, 0.2) is 36.7 Å². The number of unbranched alkanes of at least 4 members (excludes halogenated alkanes) is 1. The van der Waals surface area contributed by atoms with E-state index in [1.807, 2.05) is 31.5 Å². The number of allylic oxidation sites excluding steroid dienone is 4. The molecule has 4 heteroatoms. The second-order valence-electron chi connectivity index (χ2n) is 6.34. The predicted molar refractivity (Wildman–Crippen MR) is 107 cm³/mol. The number of hydrogen-bond donors (Lipinski definition) is 1. The maximum Gasteiger partial charge on any atom is 0.153 e. The van der Waals surface area contributed by atoms with Gasteiger partial charge in [0.05, 0.1) is 11.9 Å². The lowest BCUT2D eigenvalue weighted by Crippen LogP contribution is -2.25. The Kier molecular flexibility index (Phi) is 6.99. The number of nitrogens with zero attached hydrogens (tertiary/aromatic N) is 2. The molecule has 0 bridgehead atoms. The second kappa shape index (κ2) is 9.21. The van der Waals surface area contributed by atoms with Crippen LogP contribution in [0.5, 0.6) is 0 Å². The Morgan fingerprint density at radius 2 is 2.08 bits per heavy atom. The van der Waals surface area contributed by atoms with E-state index in [2.05, 4.69) is 34.8 Å². The first-order chi connectivity index (χ1) is 12.1. The molecule has 2 heterocycles. The lowest BCUT2D eigenvalue weighted by molar-refractivity contribution is -0.112. The average Bonchev–Trinajstić information content (AvgIpc) is 3.01. The van der Waals surface area contributed by atoms with Crippen molar-refractivity contribution in [2.24, 2.45) is 0 Å². The predicted octanol–water partition coefficient (Wildman–Crippen LogP) is 5.13. The van der Waals surface area contributed by atoms with Crippen molar-refractivity contribution in [2.45, 2.75) is 47.0 Å². The third-order valence-electron chi connectivity index (χ3n) is 4.17. The summed E-state index contributed by atoms with van der Waals surface area (Å²) in [6, 6.07) is 2.19. The first kappa shape index (κ1) is 19.0. The molecule has 0 unspecified atom stereocenters. The molecule has 0 aliphatic carbocycles. The number of rotatable bonds is 9. The number of ketones is 1. The number of fused-ring (bicyclic) bond motifs is 1. The van der Waals surface area contributed by atoms with Gasteiger partial charge in [-0.25, -0.2) is 4.98 Å². The molecular weight excluding hydrogens is 310 g/mol. The van der Waals surface area contributed by atoms with Crippen LogP contribution in [0.1, 0.15) is 52.5 Å². The highest BCUT2D eigenvalue weighted by Crippen LogP contribution is 2.28. The van der Waals surface area contributed by atoms with Crippen LogP contribution in [0.4, 0.5) is 5.69 Å². The van der Waals surface area contributed by atoms with E-state index in [9.17, 15) is 4.79 Å². The number of nitrogens with one attached hydrogen (secondary N) is 1. The molecule has 0 radical (unpaired) electrons. The van der Waals surface area contributed by atoms with Crippen molar-refractivity contribution >= 4 is 28.1 Å². The Labute approximate surface area is 150 Å². The van der Waals surface area contributed by atoms with Gasteiger partial charge in [-0.05, 0) is 44.4 Å². The number of aromatic amines is 1. The topological polar surface area (TPSA) is 49.0 Å². The molecule has 0 atom stereocenters. The molecule has 0 aliphatic rings. The summed E-state index contributed by atoms with van der Waals surface area (Å²) in [5, 5.41) is 1.06. The Hall–Kier alpha value is -2.36. The van der Waals surface area contributed by atoms with Crippen LogP contribution in [-0.4, -0.2) is 28.8 Å². The molecule has 0 amide bonds. The van der Waals surface area contributed by atoms with Crippen LogP contribution in [0.25, 0.3) is 16.6 Å². The third-order valence-corrected chi connectivity index (χ3v) is 4.17. The number of aromatic nitrogens is 2. The summed E-state index contributed by atoms with van der Waals surface area (Å²) in [5.41, 5.74) is 3.93. The molecule has 4 nitrogen and oxygen atoms in total. The van der Waals surface area contributed by atoms with Crippen molar-refractivity contribution in [3.05, 3.63) is 42.3 Å². The molecule has 2 aromatic heterocycles. The molecule has 2 rings (SSSR count). The Bertz CT molecular complexity index is 771. The molecule has 0 saturated heterocycles. The molecule has 0 fully saturated rings. The maximum absolute atomic E-state index is 11.6. The second-order valence-corrected chi connectivity index (χ2v) is 6.34. The van der Waals surface area contributed by atoms with E-state index in [0.717, 1.165) is 47.4 Å². The van der Waals surface area contributed by atoms with Gasteiger partial charge in [0.1, 0.15) is 5.65 Å². The number of anilines is 1. The number of hydrogen-bond acceptors (Lipinski definition) is 3. The lowest BCUT2D eigenvalue weighted by atomic mass is 10.0. The average molecular weight is 339 g/mol. The standard InChI is InChI=1S/C21H29N3O/c1-5-8-11-24(10-7-3)18-13-19-20(15-23-21(19)22-14-18)17(9-6-2)12-16(4)25/h6,9,12-15H,5,7-8,10-11H2,1-4H3,(H,22,23)/b9-6-,17-12+. The van der Waals surface area contributed by atoms with Gasteiger partial charge < -0.3 is 9.88 Å². The number of carbonyl (C=O) groups is 1. The van der Waals surface area contributed by atoms with E-state index in [-0.39, 0.29) is 5.78 Å². The van der Waals surface area contributed by atoms with Gasteiger partial charge in [-0.1, -0.05) is 32.4 Å². The van der Waals surface area contributed by atoms with Gasteiger partial charge in [0, 0.05) is 30.2 Å². The van der Waals surface area contributed by atoms with Crippen LogP contribution >= 0.6 is 0 Å². The SMILES string of the molecule is C/C=C\C(=C/C(C)=O)c1c[nH]c2ncc(N(CCC)CCCC)cc12. The van der Waals surface area contributed by atoms with Gasteiger partial charge >= 0.3 is 0 Å². The van der Waals surface area contributed by atoms with Crippen molar-refractivity contribution in [2.75, 3.05) is 18.0 Å². The third kappa shape index (κ3) is 4.81. The van der Waals surface area contributed by atoms with E-state index in [4.69, 9.17) is 0 Å². The van der Waals surface area contributed by atoms with Crippen molar-refractivity contribution in [1.29, 1.82) is 0 Å². The summed E-state index contributed by atoms with van der Waals surface area (Å²) in [7, 11) is 0. The van der Waals surface area contributed by atoms with Crippen molar-refractivity contribution < 1.29 is 4.79 Å². The molecule has 2 aromatic rings. The Morgan fingerprint density at radius 3 is 2.72 bits per heavy atom. The quantitative estimate of drug-likeness (QED) is 0.509. The van der Waals surface area contributed by atoms with Gasteiger partial charge in [0.15, 0.2) is 5.78 Å². The smallest absolute Gasteiger partial charge is 0.153 e.